The third-order valence-electron chi connectivity index (χ3n) is 5.24. The lowest BCUT2D eigenvalue weighted by atomic mass is 10.0. The van der Waals surface area contributed by atoms with Gasteiger partial charge in [-0.1, -0.05) is 27.2 Å². The summed E-state index contributed by atoms with van der Waals surface area (Å²) in [7, 11) is -3.03. The quantitative estimate of drug-likeness (QED) is 0.286. The number of hydrogen-bond donors (Lipinski definition) is 0. The van der Waals surface area contributed by atoms with E-state index in [-0.39, 0.29) is 0 Å². The van der Waals surface area contributed by atoms with E-state index in [0.29, 0.717) is 17.7 Å². The van der Waals surface area contributed by atoms with Crippen LogP contribution in [0.4, 0.5) is 0 Å². The van der Waals surface area contributed by atoms with E-state index in [1.54, 1.807) is 0 Å². The van der Waals surface area contributed by atoms with E-state index in [2.05, 4.69) is 33.9 Å². The van der Waals surface area contributed by atoms with E-state index < -0.39 is 16.3 Å². The molecule has 22 heavy (non-hydrogen) atoms. The van der Waals surface area contributed by atoms with Crippen molar-refractivity contribution in [3.05, 3.63) is 0 Å². The Labute approximate surface area is 139 Å². The van der Waals surface area contributed by atoms with E-state index in [1.807, 2.05) is 6.92 Å². The molecule has 5 heteroatoms. The highest BCUT2D eigenvalue weighted by molar-refractivity contribution is 7.39. The first-order valence-corrected chi connectivity index (χ1v) is 13.2. The van der Waals surface area contributed by atoms with Crippen molar-refractivity contribution in [3.8, 4) is 0 Å². The van der Waals surface area contributed by atoms with Gasteiger partial charge in [0.2, 0.25) is 0 Å². The summed E-state index contributed by atoms with van der Waals surface area (Å²) >= 11 is 0. The van der Waals surface area contributed by atoms with Gasteiger partial charge in [-0.15, -0.1) is 4.52 Å². The third-order valence-corrected chi connectivity index (χ3v) is 11.0. The molecule has 0 aliphatic heterocycles. The van der Waals surface area contributed by atoms with Gasteiger partial charge in [0.1, 0.15) is 0 Å². The maximum atomic E-state index is 11.5. The van der Waals surface area contributed by atoms with Crippen LogP contribution in [0.2, 0.25) is 18.1 Å². The molecule has 1 unspecified atom stereocenters. The topological polar surface area (TPSA) is 35.5 Å². The van der Waals surface area contributed by atoms with Crippen molar-refractivity contribution >= 4 is 16.3 Å². The van der Waals surface area contributed by atoms with Gasteiger partial charge >= 0.3 is 8.03 Å². The number of unbranched alkanes of at least 4 members (excludes halogenated alkanes) is 1. The lowest BCUT2D eigenvalue weighted by Gasteiger charge is -2.38. The maximum absolute atomic E-state index is 11.5. The third kappa shape index (κ3) is 6.78. The van der Waals surface area contributed by atoms with Crippen molar-refractivity contribution in [3.63, 3.8) is 0 Å². The molecule has 0 bridgehead atoms. The standard InChI is InChI=1S/C17H36O3PSi/c1-7-19-21(18)13-9-8-10-15-11-12-16(14-15)20-22(5,6)17(2,3)4/h15-16H,7-14H2,1-6H3/q+1/t15-,16+/m0/s1. The highest BCUT2D eigenvalue weighted by Crippen LogP contribution is 2.41. The summed E-state index contributed by atoms with van der Waals surface area (Å²) in [6.45, 7) is 14.1. The van der Waals surface area contributed by atoms with Crippen LogP contribution in [0.1, 0.15) is 66.2 Å². The largest absolute Gasteiger partial charge is 0.508 e. The van der Waals surface area contributed by atoms with Gasteiger partial charge in [0.25, 0.3) is 0 Å². The minimum absolute atomic E-state index is 0.301. The maximum Gasteiger partial charge on any atom is 0.508 e. The predicted octanol–water partition coefficient (Wildman–Crippen LogP) is 6.13. The zero-order chi connectivity index (χ0) is 16.8. The molecule has 3 atom stereocenters. The molecule has 0 saturated heterocycles. The summed E-state index contributed by atoms with van der Waals surface area (Å²) in [5, 5.41) is 0.301. The Hall–Kier alpha value is 0.237. The molecule has 1 saturated carbocycles. The van der Waals surface area contributed by atoms with Gasteiger partial charge in [0.15, 0.2) is 14.5 Å². The summed E-state index contributed by atoms with van der Waals surface area (Å²) in [5.74, 6) is 0.805. The first-order chi connectivity index (χ1) is 10.2. The van der Waals surface area contributed by atoms with Gasteiger partial charge in [-0.3, -0.25) is 0 Å². The SMILES string of the molecule is CCO[P+](=O)CCCC[C@H]1CC[C@@H](O[Si](C)(C)C(C)(C)C)C1. The summed E-state index contributed by atoms with van der Waals surface area (Å²) in [6, 6.07) is 0. The van der Waals surface area contributed by atoms with Crippen LogP contribution in [-0.4, -0.2) is 27.2 Å². The Bertz CT molecular complexity index is 352. The minimum atomic E-state index is -1.62. The molecule has 0 spiro atoms. The van der Waals surface area contributed by atoms with Gasteiger partial charge in [-0.2, -0.15) is 0 Å². The van der Waals surface area contributed by atoms with Crippen LogP contribution in [0, 0.1) is 5.92 Å². The van der Waals surface area contributed by atoms with Gasteiger partial charge in [0, 0.05) is 6.10 Å². The first-order valence-electron chi connectivity index (χ1n) is 8.91. The summed E-state index contributed by atoms with van der Waals surface area (Å²) in [6.07, 6.45) is 8.41. The minimum Gasteiger partial charge on any atom is -0.414 e. The lowest BCUT2D eigenvalue weighted by molar-refractivity contribution is 0.182. The molecule has 0 amide bonds. The van der Waals surface area contributed by atoms with E-state index >= 15 is 0 Å². The van der Waals surface area contributed by atoms with E-state index in [1.165, 1.54) is 32.1 Å². The van der Waals surface area contributed by atoms with E-state index in [9.17, 15) is 4.57 Å². The molecule has 3 nitrogen and oxygen atoms in total. The average molecular weight is 348 g/mol. The first kappa shape index (κ1) is 20.3. The van der Waals surface area contributed by atoms with Crippen molar-refractivity contribution in [2.45, 2.75) is 90.5 Å². The van der Waals surface area contributed by atoms with Crippen LogP contribution in [0.3, 0.4) is 0 Å². The van der Waals surface area contributed by atoms with Crippen molar-refractivity contribution in [2.75, 3.05) is 12.8 Å². The summed E-state index contributed by atoms with van der Waals surface area (Å²) < 4.78 is 23.1. The summed E-state index contributed by atoms with van der Waals surface area (Å²) in [4.78, 5) is 0. The second-order valence-corrected chi connectivity index (χ2v) is 14.3. The fourth-order valence-corrected chi connectivity index (χ4v) is 5.17. The van der Waals surface area contributed by atoms with Crippen molar-refractivity contribution < 1.29 is 13.5 Å². The monoisotopic (exact) mass is 347 g/mol. The van der Waals surface area contributed by atoms with Crippen LogP contribution >= 0.6 is 8.03 Å². The predicted molar refractivity (Wildman–Crippen MR) is 97.4 cm³/mol. The normalized spacial score (nSPS) is 23.8. The van der Waals surface area contributed by atoms with Gasteiger partial charge < -0.3 is 4.43 Å². The van der Waals surface area contributed by atoms with Crippen LogP contribution < -0.4 is 0 Å². The van der Waals surface area contributed by atoms with E-state index in [0.717, 1.165) is 18.5 Å². The fourth-order valence-electron chi connectivity index (χ4n) is 2.87. The van der Waals surface area contributed by atoms with Crippen molar-refractivity contribution in [1.82, 2.24) is 0 Å². The molecule has 0 aromatic carbocycles. The molecule has 0 aromatic rings. The Balaban J connectivity index is 2.22. The van der Waals surface area contributed by atoms with Gasteiger partial charge in [-0.25, -0.2) is 0 Å². The number of rotatable bonds is 9. The smallest absolute Gasteiger partial charge is 0.414 e. The molecule has 1 fully saturated rings. The molecule has 1 rings (SSSR count). The van der Waals surface area contributed by atoms with Crippen molar-refractivity contribution in [1.29, 1.82) is 0 Å². The highest BCUT2D eigenvalue weighted by atomic mass is 31.1. The van der Waals surface area contributed by atoms with Crippen LogP contribution in [0.5, 0.6) is 0 Å². The molecule has 0 radical (unpaired) electrons. The molecule has 0 aromatic heterocycles. The fraction of sp³-hybridized carbons (Fsp3) is 1.00. The molecular formula is C17H36O3PSi+. The zero-order valence-corrected chi connectivity index (χ0v) is 17.4. The number of hydrogen-bond acceptors (Lipinski definition) is 3. The van der Waals surface area contributed by atoms with Gasteiger partial charge in [0.05, 0.1) is 6.61 Å². The van der Waals surface area contributed by atoms with Crippen LogP contribution in [0.15, 0.2) is 0 Å². The van der Waals surface area contributed by atoms with Crippen LogP contribution in [-0.2, 0) is 13.5 Å². The van der Waals surface area contributed by atoms with E-state index in [4.69, 9.17) is 8.95 Å². The summed E-state index contributed by atoms with van der Waals surface area (Å²) in [5.41, 5.74) is 0. The van der Waals surface area contributed by atoms with Crippen LogP contribution in [0.25, 0.3) is 0 Å². The zero-order valence-electron chi connectivity index (χ0n) is 15.5. The Morgan fingerprint density at radius 3 is 2.45 bits per heavy atom. The van der Waals surface area contributed by atoms with Crippen molar-refractivity contribution in [2.24, 2.45) is 5.92 Å². The Kier molecular flexibility index (Phi) is 8.22. The molecular weight excluding hydrogens is 311 g/mol. The second kappa shape index (κ2) is 8.91. The molecule has 1 aliphatic carbocycles. The highest BCUT2D eigenvalue weighted by Gasteiger charge is 2.40. The Morgan fingerprint density at radius 1 is 1.18 bits per heavy atom. The molecule has 1 aliphatic rings. The second-order valence-electron chi connectivity index (χ2n) is 8.15. The van der Waals surface area contributed by atoms with Gasteiger partial charge in [-0.05, 0) is 67.6 Å². The Morgan fingerprint density at radius 2 is 1.86 bits per heavy atom. The lowest BCUT2D eigenvalue weighted by Crippen LogP contribution is -2.43. The molecule has 0 heterocycles. The molecule has 130 valence electrons. The molecule has 0 N–H and O–H groups in total. The average Bonchev–Trinajstić information content (AvgIpc) is 2.80.